The van der Waals surface area contributed by atoms with Crippen LogP contribution >= 0.6 is 0 Å². The topological polar surface area (TPSA) is 44.9 Å². The van der Waals surface area contributed by atoms with E-state index in [0.717, 1.165) is 47.8 Å². The van der Waals surface area contributed by atoms with Gasteiger partial charge in [0.25, 0.3) is 0 Å². The lowest BCUT2D eigenvalue weighted by Crippen LogP contribution is -2.29. The third-order valence-corrected chi connectivity index (χ3v) is 4.72. The molecule has 0 aliphatic heterocycles. The van der Waals surface area contributed by atoms with Gasteiger partial charge in [0.15, 0.2) is 5.78 Å². The molecule has 0 radical (unpaired) electrons. The van der Waals surface area contributed by atoms with Gasteiger partial charge in [0.05, 0.1) is 6.04 Å². The smallest absolute Gasteiger partial charge is 0.186 e. The number of hydrogen-bond donors (Lipinski definition) is 2. The van der Waals surface area contributed by atoms with Crippen molar-refractivity contribution in [1.29, 1.82) is 0 Å². The van der Waals surface area contributed by atoms with Gasteiger partial charge in [-0.05, 0) is 30.5 Å². The number of unbranched alkanes of at least 4 members (excludes halogenated alkanes) is 1. The Labute approximate surface area is 149 Å². The van der Waals surface area contributed by atoms with Gasteiger partial charge in [-0.3, -0.25) is 4.79 Å². The van der Waals surface area contributed by atoms with Crippen LogP contribution in [-0.4, -0.2) is 17.3 Å². The van der Waals surface area contributed by atoms with Crippen molar-refractivity contribution in [3.05, 3.63) is 71.4 Å². The summed E-state index contributed by atoms with van der Waals surface area (Å²) >= 11 is 0. The van der Waals surface area contributed by atoms with E-state index in [4.69, 9.17) is 0 Å². The van der Waals surface area contributed by atoms with Crippen LogP contribution in [0.1, 0.15) is 54.2 Å². The van der Waals surface area contributed by atoms with E-state index in [0.29, 0.717) is 0 Å². The maximum Gasteiger partial charge on any atom is 0.186 e. The number of fused-ring (bicyclic) bond motifs is 1. The summed E-state index contributed by atoms with van der Waals surface area (Å²) in [4.78, 5) is 16.6. The summed E-state index contributed by atoms with van der Waals surface area (Å²) in [6.07, 6.45) is 4.98. The molecule has 0 aliphatic rings. The zero-order valence-corrected chi connectivity index (χ0v) is 15.0. The van der Waals surface area contributed by atoms with Gasteiger partial charge in [-0.2, -0.15) is 0 Å². The predicted molar refractivity (Wildman–Crippen MR) is 104 cm³/mol. The number of aromatic amines is 1. The van der Waals surface area contributed by atoms with Crippen molar-refractivity contribution in [2.24, 2.45) is 0 Å². The van der Waals surface area contributed by atoms with Crippen molar-refractivity contribution in [2.45, 2.75) is 39.2 Å². The van der Waals surface area contributed by atoms with Crippen LogP contribution in [0.5, 0.6) is 0 Å². The lowest BCUT2D eigenvalue weighted by molar-refractivity contribution is 0.0944. The summed E-state index contributed by atoms with van der Waals surface area (Å²) in [5, 5.41) is 4.47. The monoisotopic (exact) mass is 334 g/mol. The Kier molecular flexibility index (Phi) is 5.67. The molecule has 0 fully saturated rings. The number of aromatic nitrogens is 1. The fourth-order valence-electron chi connectivity index (χ4n) is 3.30. The number of para-hydroxylation sites is 1. The van der Waals surface area contributed by atoms with Crippen LogP contribution in [0.4, 0.5) is 0 Å². The van der Waals surface area contributed by atoms with Crippen LogP contribution in [-0.2, 0) is 6.42 Å². The standard InChI is InChI=1S/C22H26N2O/c1-3-5-14-23-21(17-10-7-6-8-11-17)22(25)19-15-24-20-16(4-2)12-9-13-18(19)20/h6-13,15,21,23-24H,3-5,14H2,1-2H3/t21-/m1/s1. The van der Waals surface area contributed by atoms with E-state index < -0.39 is 0 Å². The summed E-state index contributed by atoms with van der Waals surface area (Å²) < 4.78 is 0. The molecule has 0 amide bonds. The molecule has 2 N–H and O–H groups in total. The lowest BCUT2D eigenvalue weighted by Gasteiger charge is -2.18. The van der Waals surface area contributed by atoms with Gasteiger partial charge in [-0.1, -0.05) is 68.8 Å². The van der Waals surface area contributed by atoms with Crippen LogP contribution in [0.3, 0.4) is 0 Å². The highest BCUT2D eigenvalue weighted by molar-refractivity contribution is 6.11. The molecule has 1 aromatic heterocycles. The number of benzene rings is 2. The number of carbonyl (C=O) groups is 1. The molecule has 1 atom stereocenters. The summed E-state index contributed by atoms with van der Waals surface area (Å²) in [6, 6.07) is 15.9. The normalized spacial score (nSPS) is 12.4. The Morgan fingerprint density at radius 2 is 1.88 bits per heavy atom. The minimum atomic E-state index is -0.308. The molecular weight excluding hydrogens is 308 g/mol. The van der Waals surface area contributed by atoms with Gasteiger partial charge in [-0.25, -0.2) is 0 Å². The number of hydrogen-bond acceptors (Lipinski definition) is 2. The lowest BCUT2D eigenvalue weighted by atomic mass is 9.96. The van der Waals surface area contributed by atoms with Crippen molar-refractivity contribution >= 4 is 16.7 Å². The van der Waals surface area contributed by atoms with Gasteiger partial charge in [0, 0.05) is 22.7 Å². The SMILES string of the molecule is CCCCN[C@@H](C(=O)c1c[nH]c2c(CC)cccc12)c1ccccc1. The molecule has 130 valence electrons. The highest BCUT2D eigenvalue weighted by atomic mass is 16.1. The van der Waals surface area contributed by atoms with E-state index in [9.17, 15) is 4.79 Å². The van der Waals surface area contributed by atoms with Gasteiger partial charge in [0.1, 0.15) is 0 Å². The molecule has 0 saturated carbocycles. The Balaban J connectivity index is 1.97. The molecule has 25 heavy (non-hydrogen) atoms. The molecule has 1 heterocycles. The Hall–Kier alpha value is -2.39. The molecule has 0 saturated heterocycles. The van der Waals surface area contributed by atoms with Gasteiger partial charge in [0.2, 0.25) is 0 Å². The number of H-pyrrole nitrogens is 1. The Morgan fingerprint density at radius 3 is 2.60 bits per heavy atom. The van der Waals surface area contributed by atoms with E-state index in [2.05, 4.69) is 30.2 Å². The number of Topliss-reactive ketones (excluding diaryl/α,β-unsaturated/α-hetero) is 1. The van der Waals surface area contributed by atoms with Gasteiger partial charge >= 0.3 is 0 Å². The van der Waals surface area contributed by atoms with Crippen LogP contribution in [0.15, 0.2) is 54.7 Å². The molecule has 3 aromatic rings. The van der Waals surface area contributed by atoms with Crippen LogP contribution in [0.25, 0.3) is 10.9 Å². The first-order valence-corrected chi connectivity index (χ1v) is 9.17. The summed E-state index contributed by atoms with van der Waals surface area (Å²) in [5.41, 5.74) is 4.10. The van der Waals surface area contributed by atoms with Gasteiger partial charge in [-0.15, -0.1) is 0 Å². The van der Waals surface area contributed by atoms with Crippen molar-refractivity contribution in [1.82, 2.24) is 10.3 Å². The summed E-state index contributed by atoms with van der Waals surface area (Å²) in [5.74, 6) is 0.127. The second-order valence-corrected chi connectivity index (χ2v) is 6.41. The molecule has 3 heteroatoms. The fourth-order valence-corrected chi connectivity index (χ4v) is 3.30. The van der Waals surface area contributed by atoms with Crippen LogP contribution in [0.2, 0.25) is 0 Å². The van der Waals surface area contributed by atoms with Crippen molar-refractivity contribution in [3.63, 3.8) is 0 Å². The number of rotatable bonds is 8. The molecule has 0 bridgehead atoms. The number of ketones is 1. The first-order chi connectivity index (χ1) is 12.3. The quantitative estimate of drug-likeness (QED) is 0.447. The summed E-state index contributed by atoms with van der Waals surface area (Å²) in [7, 11) is 0. The first kappa shape index (κ1) is 17.4. The van der Waals surface area contributed by atoms with E-state index >= 15 is 0 Å². The average molecular weight is 334 g/mol. The number of carbonyl (C=O) groups excluding carboxylic acids is 1. The minimum Gasteiger partial charge on any atom is -0.360 e. The molecule has 2 aromatic carbocycles. The third-order valence-electron chi connectivity index (χ3n) is 4.72. The molecular formula is C22H26N2O. The predicted octanol–water partition coefficient (Wildman–Crippen LogP) is 5.04. The molecule has 3 nitrogen and oxygen atoms in total. The van der Waals surface area contributed by atoms with Crippen molar-refractivity contribution < 1.29 is 4.79 Å². The second-order valence-electron chi connectivity index (χ2n) is 6.41. The maximum atomic E-state index is 13.3. The average Bonchev–Trinajstić information content (AvgIpc) is 3.09. The van der Waals surface area contributed by atoms with Crippen molar-refractivity contribution in [3.8, 4) is 0 Å². The van der Waals surface area contributed by atoms with E-state index in [1.54, 1.807) is 0 Å². The molecule has 0 unspecified atom stereocenters. The Bertz CT molecular complexity index is 836. The number of nitrogens with one attached hydrogen (secondary N) is 2. The highest BCUT2D eigenvalue weighted by Crippen LogP contribution is 2.27. The minimum absolute atomic E-state index is 0.127. The zero-order valence-electron chi connectivity index (χ0n) is 15.0. The second kappa shape index (κ2) is 8.13. The Morgan fingerprint density at radius 1 is 1.08 bits per heavy atom. The first-order valence-electron chi connectivity index (χ1n) is 9.17. The summed E-state index contributed by atoms with van der Waals surface area (Å²) in [6.45, 7) is 5.13. The molecule has 3 rings (SSSR count). The molecule has 0 aliphatic carbocycles. The van der Waals surface area contributed by atoms with Crippen LogP contribution < -0.4 is 5.32 Å². The van der Waals surface area contributed by atoms with E-state index in [-0.39, 0.29) is 11.8 Å². The largest absolute Gasteiger partial charge is 0.360 e. The maximum absolute atomic E-state index is 13.3. The zero-order chi connectivity index (χ0) is 17.6. The van der Waals surface area contributed by atoms with Crippen LogP contribution in [0, 0.1) is 0 Å². The van der Waals surface area contributed by atoms with E-state index in [1.165, 1.54) is 5.56 Å². The number of aryl methyl sites for hydroxylation is 1. The van der Waals surface area contributed by atoms with E-state index in [1.807, 2.05) is 48.7 Å². The van der Waals surface area contributed by atoms with Crippen molar-refractivity contribution in [2.75, 3.05) is 6.54 Å². The highest BCUT2D eigenvalue weighted by Gasteiger charge is 2.24. The van der Waals surface area contributed by atoms with Gasteiger partial charge < -0.3 is 10.3 Å². The fraction of sp³-hybridized carbons (Fsp3) is 0.318. The molecule has 0 spiro atoms. The third kappa shape index (κ3) is 3.67.